The molecule has 0 radical (unpaired) electrons. The second kappa shape index (κ2) is 4.00. The molecule has 0 aliphatic rings. The Hall–Kier alpha value is -0.180. The van der Waals surface area contributed by atoms with E-state index in [4.69, 9.17) is 0 Å². The molecule has 1 rings (SSSR count). The van der Waals surface area contributed by atoms with Crippen LogP contribution in [0, 0.1) is 6.92 Å². The van der Waals surface area contributed by atoms with Gasteiger partial charge in [-0.2, -0.15) is 0 Å². The number of hydrogen-bond donors (Lipinski definition) is 0. The molecule has 0 spiro atoms. The molecule has 0 fully saturated rings. The van der Waals surface area contributed by atoms with Gasteiger partial charge < -0.3 is 0 Å². The third kappa shape index (κ3) is 2.40. The van der Waals surface area contributed by atoms with Gasteiger partial charge in [-0.3, -0.25) is 0 Å². The van der Waals surface area contributed by atoms with Crippen molar-refractivity contribution in [1.29, 1.82) is 0 Å². The number of halogens is 1. The molecule has 0 aliphatic carbocycles. The largest absolute Gasteiger partial charge is 0.122 e. The minimum Gasteiger partial charge on any atom is -0.122 e. The fraction of sp³-hybridized carbons (Fsp3) is 0.300. The van der Waals surface area contributed by atoms with Gasteiger partial charge >= 0.3 is 0 Å². The van der Waals surface area contributed by atoms with E-state index in [9.17, 15) is 0 Å². The summed E-state index contributed by atoms with van der Waals surface area (Å²) in [5, 5.41) is 0. The van der Waals surface area contributed by atoms with Crippen molar-refractivity contribution in [1.82, 2.24) is 0 Å². The molecule has 0 nitrogen and oxygen atoms in total. The molecule has 0 saturated carbocycles. The van der Waals surface area contributed by atoms with Crippen molar-refractivity contribution >= 4 is 24.2 Å². The lowest BCUT2D eigenvalue weighted by Crippen LogP contribution is -1.90. The summed E-state index contributed by atoms with van der Waals surface area (Å²) in [4.78, 5) is 2.30. The Kier molecular flexibility index (Phi) is 3.24. The first-order chi connectivity index (χ1) is 5.24. The molecule has 0 atom stereocenters. The first-order valence-corrected chi connectivity index (χ1v) is 6.87. The van der Waals surface area contributed by atoms with Gasteiger partial charge in [-0.15, -0.1) is 20.7 Å². The van der Waals surface area contributed by atoms with Gasteiger partial charge in [0.1, 0.15) is 0 Å². The molecule has 0 amide bonds. The highest BCUT2D eigenvalue weighted by atomic mass is 127. The highest BCUT2D eigenvalue weighted by molar-refractivity contribution is 14.2. The second-order valence-corrected chi connectivity index (χ2v) is 5.29. The molecule has 0 aliphatic heterocycles. The lowest BCUT2D eigenvalue weighted by Gasteiger charge is -1.99. The SMILES string of the molecule is CI=C(C)c1cccc(C)c1. The lowest BCUT2D eigenvalue weighted by atomic mass is 10.1. The molecule has 0 unspecified atom stereocenters. The average Bonchev–Trinajstić information content (AvgIpc) is 2.03. The third-order valence-corrected chi connectivity index (χ3v) is 3.94. The Balaban J connectivity index is 3.06. The third-order valence-electron chi connectivity index (χ3n) is 1.70. The van der Waals surface area contributed by atoms with Gasteiger partial charge in [0.2, 0.25) is 0 Å². The smallest absolute Gasteiger partial charge is 0.0147 e. The van der Waals surface area contributed by atoms with Crippen molar-refractivity contribution in [2.45, 2.75) is 13.8 Å². The second-order valence-electron chi connectivity index (χ2n) is 2.59. The number of hydrogen-bond acceptors (Lipinski definition) is 0. The Morgan fingerprint density at radius 2 is 2.09 bits per heavy atom. The number of rotatable bonds is 1. The summed E-state index contributed by atoms with van der Waals surface area (Å²) in [6.07, 6.45) is 0. The molecule has 1 aromatic carbocycles. The Morgan fingerprint density at radius 3 is 2.64 bits per heavy atom. The molecule has 0 bridgehead atoms. The van der Waals surface area contributed by atoms with Crippen LogP contribution < -0.4 is 0 Å². The van der Waals surface area contributed by atoms with E-state index >= 15 is 0 Å². The zero-order valence-electron chi connectivity index (χ0n) is 7.19. The van der Waals surface area contributed by atoms with E-state index in [0.29, 0.717) is 0 Å². The molecule has 60 valence electrons. The van der Waals surface area contributed by atoms with E-state index in [1.165, 1.54) is 11.1 Å². The summed E-state index contributed by atoms with van der Waals surface area (Å²) in [7, 11) is 0. The van der Waals surface area contributed by atoms with Crippen molar-refractivity contribution in [3.8, 4) is 0 Å². The highest BCUT2D eigenvalue weighted by Crippen LogP contribution is 2.09. The van der Waals surface area contributed by atoms with Gasteiger partial charge in [0.25, 0.3) is 0 Å². The van der Waals surface area contributed by atoms with E-state index in [0.717, 1.165) is 0 Å². The van der Waals surface area contributed by atoms with Gasteiger partial charge in [-0.1, -0.05) is 29.8 Å². The maximum atomic E-state index is 2.30. The van der Waals surface area contributed by atoms with Crippen molar-refractivity contribution in [2.24, 2.45) is 0 Å². The molecular weight excluding hydrogens is 247 g/mol. The van der Waals surface area contributed by atoms with Crippen LogP contribution in [0.1, 0.15) is 18.1 Å². The van der Waals surface area contributed by atoms with Crippen LogP contribution >= 0.6 is 20.7 Å². The van der Waals surface area contributed by atoms with E-state index in [-0.39, 0.29) is 20.7 Å². The van der Waals surface area contributed by atoms with Crippen molar-refractivity contribution in [2.75, 3.05) is 4.93 Å². The molecule has 0 heterocycles. The van der Waals surface area contributed by atoms with Crippen LogP contribution in [0.15, 0.2) is 24.3 Å². The summed E-state index contributed by atoms with van der Waals surface area (Å²) in [6, 6.07) is 8.74. The zero-order chi connectivity index (χ0) is 8.27. The minimum atomic E-state index is 0.270. The van der Waals surface area contributed by atoms with Crippen molar-refractivity contribution in [3.05, 3.63) is 35.4 Å². The standard InChI is InChI=1S/C10H13I/c1-8-5-4-6-10(7-8)9(2)11-3/h4-7H,1-3H3. The average molecular weight is 260 g/mol. The molecular formula is C10H13I. The van der Waals surface area contributed by atoms with Gasteiger partial charge in [-0.25, -0.2) is 0 Å². The summed E-state index contributed by atoms with van der Waals surface area (Å²) in [5.74, 6) is 0. The lowest BCUT2D eigenvalue weighted by molar-refractivity contribution is 1.46. The Morgan fingerprint density at radius 1 is 1.36 bits per heavy atom. The van der Waals surface area contributed by atoms with Crippen LogP contribution in [-0.4, -0.2) is 8.44 Å². The fourth-order valence-corrected chi connectivity index (χ4v) is 1.93. The van der Waals surface area contributed by atoms with E-state index in [1.54, 1.807) is 3.51 Å². The summed E-state index contributed by atoms with van der Waals surface area (Å²) < 4.78 is 1.58. The highest BCUT2D eigenvalue weighted by Gasteiger charge is 1.93. The van der Waals surface area contributed by atoms with Gasteiger partial charge in [0.05, 0.1) is 0 Å². The molecule has 1 aromatic rings. The van der Waals surface area contributed by atoms with Crippen LogP contribution in [0.25, 0.3) is 0 Å². The van der Waals surface area contributed by atoms with E-state index < -0.39 is 0 Å². The first kappa shape index (κ1) is 8.91. The van der Waals surface area contributed by atoms with E-state index in [1.807, 2.05) is 0 Å². The molecule has 0 saturated heterocycles. The molecule has 1 heteroatoms. The monoisotopic (exact) mass is 260 g/mol. The zero-order valence-corrected chi connectivity index (χ0v) is 9.34. The molecule has 0 N–H and O–H groups in total. The number of aryl methyl sites for hydroxylation is 1. The summed E-state index contributed by atoms with van der Waals surface area (Å²) in [5.41, 5.74) is 2.79. The van der Waals surface area contributed by atoms with Gasteiger partial charge in [0, 0.05) is 0 Å². The maximum absolute atomic E-state index is 2.30. The normalized spacial score (nSPS) is 12.5. The van der Waals surface area contributed by atoms with Crippen molar-refractivity contribution in [3.63, 3.8) is 0 Å². The number of alkyl halides is 1. The Labute approximate surface area is 78.4 Å². The van der Waals surface area contributed by atoms with Crippen LogP contribution in [0.4, 0.5) is 0 Å². The Bertz CT molecular complexity index is 274. The van der Waals surface area contributed by atoms with Crippen molar-refractivity contribution < 1.29 is 0 Å². The van der Waals surface area contributed by atoms with Crippen LogP contribution in [0.5, 0.6) is 0 Å². The summed E-state index contributed by atoms with van der Waals surface area (Å²) in [6.45, 7) is 4.38. The van der Waals surface area contributed by atoms with Crippen LogP contribution in [0.3, 0.4) is 0 Å². The van der Waals surface area contributed by atoms with Gasteiger partial charge in [0.15, 0.2) is 0 Å². The predicted molar refractivity (Wildman–Crippen MR) is 60.9 cm³/mol. The predicted octanol–water partition coefficient (Wildman–Crippen LogP) is 3.14. The maximum Gasteiger partial charge on any atom is -0.0147 e. The number of benzene rings is 1. The van der Waals surface area contributed by atoms with Crippen LogP contribution in [-0.2, 0) is 0 Å². The minimum absolute atomic E-state index is 0.270. The summed E-state index contributed by atoms with van der Waals surface area (Å²) >= 11 is 0.270. The quantitative estimate of drug-likeness (QED) is 0.537. The fourth-order valence-electron chi connectivity index (χ4n) is 0.968. The molecule has 0 aromatic heterocycles. The van der Waals surface area contributed by atoms with Gasteiger partial charge in [-0.05, 0) is 27.9 Å². The topological polar surface area (TPSA) is 0 Å². The van der Waals surface area contributed by atoms with E-state index in [2.05, 4.69) is 43.0 Å². The van der Waals surface area contributed by atoms with Crippen LogP contribution in [0.2, 0.25) is 0 Å². The first-order valence-electron chi connectivity index (χ1n) is 3.64. The molecule has 11 heavy (non-hydrogen) atoms.